The molecule has 1 amide bonds. The number of benzene rings is 1. The van der Waals surface area contributed by atoms with Crippen LogP contribution in [-0.4, -0.2) is 22.4 Å². The smallest absolute Gasteiger partial charge is 0.253 e. The van der Waals surface area contributed by atoms with Crippen molar-refractivity contribution < 1.29 is 9.18 Å². The van der Waals surface area contributed by atoms with Crippen molar-refractivity contribution in [3.63, 3.8) is 0 Å². The summed E-state index contributed by atoms with van der Waals surface area (Å²) < 4.78 is 13.8. The second-order valence-corrected chi connectivity index (χ2v) is 4.47. The molecule has 0 saturated carbocycles. The van der Waals surface area contributed by atoms with Crippen LogP contribution in [0.5, 0.6) is 0 Å². The van der Waals surface area contributed by atoms with E-state index in [1.165, 1.54) is 12.1 Å². The van der Waals surface area contributed by atoms with Crippen molar-refractivity contribution in [2.75, 3.05) is 11.9 Å². The highest BCUT2D eigenvalue weighted by atomic mass is 19.1. The molecule has 0 fully saturated rings. The molecule has 2 rings (SSSR count). The van der Waals surface area contributed by atoms with Gasteiger partial charge in [0, 0.05) is 12.7 Å². The van der Waals surface area contributed by atoms with Crippen molar-refractivity contribution in [2.45, 2.75) is 20.4 Å². The monoisotopic (exact) mass is 288 g/mol. The SMILES string of the molecule is CCNc1c(F)cccc1C(=O)NCc1ccnc(C)n1. The van der Waals surface area contributed by atoms with Crippen LogP contribution in [0.3, 0.4) is 0 Å². The highest BCUT2D eigenvalue weighted by molar-refractivity contribution is 5.99. The summed E-state index contributed by atoms with van der Waals surface area (Å²) in [6, 6.07) is 6.15. The number of aryl methyl sites for hydroxylation is 1. The van der Waals surface area contributed by atoms with E-state index < -0.39 is 5.82 Å². The van der Waals surface area contributed by atoms with E-state index in [1.54, 1.807) is 25.3 Å². The van der Waals surface area contributed by atoms with Gasteiger partial charge in [-0.15, -0.1) is 0 Å². The number of anilines is 1. The van der Waals surface area contributed by atoms with E-state index in [1.807, 2.05) is 6.92 Å². The summed E-state index contributed by atoms with van der Waals surface area (Å²) in [4.78, 5) is 20.4. The lowest BCUT2D eigenvalue weighted by Gasteiger charge is -2.12. The van der Waals surface area contributed by atoms with Crippen LogP contribution in [-0.2, 0) is 6.54 Å². The van der Waals surface area contributed by atoms with Crippen LogP contribution in [0.2, 0.25) is 0 Å². The highest BCUT2D eigenvalue weighted by Gasteiger charge is 2.14. The van der Waals surface area contributed by atoms with Gasteiger partial charge < -0.3 is 10.6 Å². The third kappa shape index (κ3) is 3.75. The van der Waals surface area contributed by atoms with Crippen LogP contribution in [0.25, 0.3) is 0 Å². The van der Waals surface area contributed by atoms with E-state index in [4.69, 9.17) is 0 Å². The molecule has 0 aliphatic heterocycles. The van der Waals surface area contributed by atoms with Crippen molar-refractivity contribution in [1.82, 2.24) is 15.3 Å². The molecule has 1 aromatic heterocycles. The zero-order valence-electron chi connectivity index (χ0n) is 12.0. The lowest BCUT2D eigenvalue weighted by molar-refractivity contribution is 0.0951. The summed E-state index contributed by atoms with van der Waals surface area (Å²) in [5.41, 5.74) is 1.20. The molecule has 0 bridgehead atoms. The van der Waals surface area contributed by atoms with Crippen LogP contribution in [0.1, 0.15) is 28.8 Å². The summed E-state index contributed by atoms with van der Waals surface area (Å²) in [7, 11) is 0. The van der Waals surface area contributed by atoms with Gasteiger partial charge >= 0.3 is 0 Å². The Morgan fingerprint density at radius 1 is 1.33 bits per heavy atom. The molecule has 6 heteroatoms. The maximum atomic E-state index is 13.8. The zero-order valence-corrected chi connectivity index (χ0v) is 12.0. The Bertz CT molecular complexity index is 645. The van der Waals surface area contributed by atoms with Crippen molar-refractivity contribution >= 4 is 11.6 Å². The third-order valence-corrected chi connectivity index (χ3v) is 2.88. The first-order valence-electron chi connectivity index (χ1n) is 6.71. The lowest BCUT2D eigenvalue weighted by Crippen LogP contribution is -2.25. The fourth-order valence-electron chi connectivity index (χ4n) is 1.94. The summed E-state index contributed by atoms with van der Waals surface area (Å²) in [5.74, 6) is -0.148. The van der Waals surface area contributed by atoms with Crippen LogP contribution in [0, 0.1) is 12.7 Å². The molecule has 1 heterocycles. The molecule has 0 aliphatic carbocycles. The second kappa shape index (κ2) is 6.78. The minimum absolute atomic E-state index is 0.219. The van der Waals surface area contributed by atoms with Crippen molar-refractivity contribution in [1.29, 1.82) is 0 Å². The zero-order chi connectivity index (χ0) is 15.2. The molecule has 2 N–H and O–H groups in total. The Balaban J connectivity index is 2.12. The van der Waals surface area contributed by atoms with Gasteiger partial charge in [-0.2, -0.15) is 0 Å². The average Bonchev–Trinajstić information content (AvgIpc) is 2.47. The highest BCUT2D eigenvalue weighted by Crippen LogP contribution is 2.19. The van der Waals surface area contributed by atoms with Gasteiger partial charge in [-0.05, 0) is 32.0 Å². The van der Waals surface area contributed by atoms with Gasteiger partial charge in [0.15, 0.2) is 0 Å². The molecule has 110 valence electrons. The first kappa shape index (κ1) is 14.9. The van der Waals surface area contributed by atoms with Crippen molar-refractivity contribution in [3.05, 3.63) is 53.4 Å². The average molecular weight is 288 g/mol. The maximum Gasteiger partial charge on any atom is 0.253 e. The largest absolute Gasteiger partial charge is 0.382 e. The minimum Gasteiger partial charge on any atom is -0.382 e. The Labute approximate surface area is 122 Å². The molecule has 0 saturated heterocycles. The summed E-state index contributed by atoms with van der Waals surface area (Å²) in [6.07, 6.45) is 1.63. The number of carbonyl (C=O) groups is 1. The number of para-hydroxylation sites is 1. The van der Waals surface area contributed by atoms with Gasteiger partial charge in [0.25, 0.3) is 5.91 Å². The molecule has 0 radical (unpaired) electrons. The van der Waals surface area contributed by atoms with Crippen molar-refractivity contribution in [2.24, 2.45) is 0 Å². The molecule has 0 unspecified atom stereocenters. The fraction of sp³-hybridized carbons (Fsp3) is 0.267. The maximum absolute atomic E-state index is 13.8. The number of nitrogens with one attached hydrogen (secondary N) is 2. The van der Waals surface area contributed by atoms with Gasteiger partial charge in [0.2, 0.25) is 0 Å². The second-order valence-electron chi connectivity index (χ2n) is 4.47. The van der Waals surface area contributed by atoms with E-state index in [0.29, 0.717) is 18.1 Å². The molecule has 0 atom stereocenters. The van der Waals surface area contributed by atoms with Crippen molar-refractivity contribution in [3.8, 4) is 0 Å². The van der Waals surface area contributed by atoms with E-state index in [9.17, 15) is 9.18 Å². The number of carbonyl (C=O) groups excluding carboxylic acids is 1. The topological polar surface area (TPSA) is 66.9 Å². The summed E-state index contributed by atoms with van der Waals surface area (Å²) >= 11 is 0. The molecule has 0 aliphatic rings. The standard InChI is InChI=1S/C15H17FN4O/c1-3-17-14-12(5-4-6-13(14)16)15(21)19-9-11-7-8-18-10(2)20-11/h4-8,17H,3,9H2,1-2H3,(H,19,21). The number of hydrogen-bond donors (Lipinski definition) is 2. The van der Waals surface area contributed by atoms with Crippen LogP contribution in [0.4, 0.5) is 10.1 Å². The Morgan fingerprint density at radius 3 is 2.86 bits per heavy atom. The van der Waals surface area contributed by atoms with Crippen LogP contribution >= 0.6 is 0 Å². The molecular weight excluding hydrogens is 271 g/mol. The molecule has 5 nitrogen and oxygen atoms in total. The normalized spacial score (nSPS) is 10.2. The Morgan fingerprint density at radius 2 is 2.14 bits per heavy atom. The Kier molecular flexibility index (Phi) is 4.81. The molecule has 0 spiro atoms. The first-order valence-corrected chi connectivity index (χ1v) is 6.71. The number of amides is 1. The van der Waals surface area contributed by atoms with Gasteiger partial charge in [-0.1, -0.05) is 6.07 Å². The van der Waals surface area contributed by atoms with Crippen LogP contribution in [0.15, 0.2) is 30.5 Å². The fourth-order valence-corrected chi connectivity index (χ4v) is 1.94. The molecule has 2 aromatic rings. The van der Waals surface area contributed by atoms with E-state index in [-0.39, 0.29) is 23.7 Å². The predicted octanol–water partition coefficient (Wildman–Crippen LogP) is 2.29. The van der Waals surface area contributed by atoms with Gasteiger partial charge in [0.1, 0.15) is 11.6 Å². The molecular formula is C15H17FN4O. The number of nitrogens with zero attached hydrogens (tertiary/aromatic N) is 2. The number of halogens is 1. The lowest BCUT2D eigenvalue weighted by atomic mass is 10.1. The summed E-state index contributed by atoms with van der Waals surface area (Å²) in [6.45, 7) is 4.43. The van der Waals surface area contributed by atoms with E-state index in [0.717, 1.165) is 0 Å². The van der Waals surface area contributed by atoms with E-state index >= 15 is 0 Å². The van der Waals surface area contributed by atoms with E-state index in [2.05, 4.69) is 20.6 Å². The predicted molar refractivity (Wildman–Crippen MR) is 78.5 cm³/mol. The molecule has 1 aromatic carbocycles. The van der Waals surface area contributed by atoms with Gasteiger partial charge in [0.05, 0.1) is 23.5 Å². The number of hydrogen-bond acceptors (Lipinski definition) is 4. The van der Waals surface area contributed by atoms with Gasteiger partial charge in [-0.25, -0.2) is 14.4 Å². The minimum atomic E-state index is -0.442. The third-order valence-electron chi connectivity index (χ3n) is 2.88. The molecule has 21 heavy (non-hydrogen) atoms. The van der Waals surface area contributed by atoms with Crippen LogP contribution < -0.4 is 10.6 Å². The first-order chi connectivity index (χ1) is 10.1. The quantitative estimate of drug-likeness (QED) is 0.886. The number of rotatable bonds is 5. The Hall–Kier alpha value is -2.50. The summed E-state index contributed by atoms with van der Waals surface area (Å²) in [5, 5.41) is 5.60. The number of aromatic nitrogens is 2. The van der Waals surface area contributed by atoms with Gasteiger partial charge in [-0.3, -0.25) is 4.79 Å².